The molecule has 0 amide bonds. The van der Waals surface area contributed by atoms with Crippen LogP contribution in [0, 0.1) is 6.92 Å². The van der Waals surface area contributed by atoms with E-state index in [0.29, 0.717) is 11.6 Å². The highest BCUT2D eigenvalue weighted by atomic mass is 32.1. The van der Waals surface area contributed by atoms with Crippen molar-refractivity contribution < 1.29 is 4.74 Å². The lowest BCUT2D eigenvalue weighted by molar-refractivity contribution is 0.339. The van der Waals surface area contributed by atoms with E-state index in [4.69, 9.17) is 17.0 Å². The van der Waals surface area contributed by atoms with E-state index in [1.54, 1.807) is 17.5 Å². The van der Waals surface area contributed by atoms with Gasteiger partial charge in [0.1, 0.15) is 10.7 Å². The SMILES string of the molecule is CCOc1ccc(C(=S)Nc2ccc(C)s2)nc1. The summed E-state index contributed by atoms with van der Waals surface area (Å²) in [6, 6.07) is 7.81. The smallest absolute Gasteiger partial charge is 0.137 e. The highest BCUT2D eigenvalue weighted by Crippen LogP contribution is 2.21. The normalized spacial score (nSPS) is 10.1. The second kappa shape index (κ2) is 5.93. The van der Waals surface area contributed by atoms with Crippen LogP contribution in [0.25, 0.3) is 0 Å². The van der Waals surface area contributed by atoms with E-state index in [1.807, 2.05) is 25.1 Å². The molecule has 0 aliphatic heterocycles. The third-order valence-corrected chi connectivity index (χ3v) is 3.48. The van der Waals surface area contributed by atoms with Gasteiger partial charge in [0.2, 0.25) is 0 Å². The van der Waals surface area contributed by atoms with Crippen molar-refractivity contribution in [1.29, 1.82) is 0 Å². The average Bonchev–Trinajstić information content (AvgIpc) is 2.76. The zero-order valence-electron chi connectivity index (χ0n) is 10.3. The Labute approximate surface area is 116 Å². The van der Waals surface area contributed by atoms with Crippen LogP contribution < -0.4 is 10.1 Å². The number of thiocarbonyl (C=S) groups is 1. The lowest BCUT2D eigenvalue weighted by Gasteiger charge is -2.06. The highest BCUT2D eigenvalue weighted by Gasteiger charge is 2.05. The van der Waals surface area contributed by atoms with Gasteiger partial charge in [-0.05, 0) is 38.1 Å². The lowest BCUT2D eigenvalue weighted by atomic mass is 10.3. The van der Waals surface area contributed by atoms with Crippen molar-refractivity contribution in [2.45, 2.75) is 13.8 Å². The Morgan fingerprint density at radius 3 is 2.78 bits per heavy atom. The fourth-order valence-corrected chi connectivity index (χ4v) is 2.51. The summed E-state index contributed by atoms with van der Waals surface area (Å²) in [5.74, 6) is 0.760. The number of hydrogen-bond donors (Lipinski definition) is 1. The van der Waals surface area contributed by atoms with E-state index < -0.39 is 0 Å². The maximum atomic E-state index is 5.34. The van der Waals surface area contributed by atoms with Gasteiger partial charge in [0, 0.05) is 4.88 Å². The molecule has 0 aliphatic rings. The zero-order chi connectivity index (χ0) is 13.0. The van der Waals surface area contributed by atoms with Gasteiger partial charge in [0.15, 0.2) is 0 Å². The van der Waals surface area contributed by atoms with Crippen LogP contribution >= 0.6 is 23.6 Å². The quantitative estimate of drug-likeness (QED) is 0.866. The number of aryl methyl sites for hydroxylation is 1. The van der Waals surface area contributed by atoms with Gasteiger partial charge in [-0.2, -0.15) is 0 Å². The first kappa shape index (κ1) is 13.0. The minimum absolute atomic E-state index is 0.625. The lowest BCUT2D eigenvalue weighted by Crippen LogP contribution is -2.11. The molecule has 0 unspecified atom stereocenters. The molecule has 0 spiro atoms. The van der Waals surface area contributed by atoms with Crippen LogP contribution in [0.3, 0.4) is 0 Å². The Morgan fingerprint density at radius 1 is 1.39 bits per heavy atom. The van der Waals surface area contributed by atoms with Crippen molar-refractivity contribution in [3.05, 3.63) is 41.0 Å². The number of anilines is 1. The summed E-state index contributed by atoms with van der Waals surface area (Å²) in [4.78, 5) is 6.15. The van der Waals surface area contributed by atoms with E-state index in [0.717, 1.165) is 16.4 Å². The maximum Gasteiger partial charge on any atom is 0.137 e. The number of thiophene rings is 1. The van der Waals surface area contributed by atoms with Crippen molar-refractivity contribution >= 4 is 33.5 Å². The first-order chi connectivity index (χ1) is 8.69. The number of hydrogen-bond acceptors (Lipinski definition) is 4. The zero-order valence-corrected chi connectivity index (χ0v) is 11.9. The molecular formula is C13H14N2OS2. The Bertz CT molecular complexity index is 534. The largest absolute Gasteiger partial charge is 0.492 e. The van der Waals surface area contributed by atoms with Gasteiger partial charge in [-0.15, -0.1) is 11.3 Å². The molecule has 1 N–H and O–H groups in total. The Hall–Kier alpha value is -1.46. The summed E-state index contributed by atoms with van der Waals surface area (Å²) in [7, 11) is 0. The molecule has 18 heavy (non-hydrogen) atoms. The number of ether oxygens (including phenoxy) is 1. The molecule has 94 valence electrons. The van der Waals surface area contributed by atoms with E-state index >= 15 is 0 Å². The fraction of sp³-hybridized carbons (Fsp3) is 0.231. The maximum absolute atomic E-state index is 5.34. The summed E-state index contributed by atoms with van der Waals surface area (Å²) in [5, 5.41) is 4.21. The Kier molecular flexibility index (Phi) is 4.28. The van der Waals surface area contributed by atoms with Gasteiger partial charge in [-0.1, -0.05) is 12.2 Å². The van der Waals surface area contributed by atoms with Crippen LogP contribution in [0.15, 0.2) is 30.5 Å². The van der Waals surface area contributed by atoms with Gasteiger partial charge in [0.25, 0.3) is 0 Å². The predicted octanol–water partition coefficient (Wildman–Crippen LogP) is 3.64. The van der Waals surface area contributed by atoms with Gasteiger partial charge in [0.05, 0.1) is 23.5 Å². The molecule has 0 aromatic carbocycles. The second-order valence-electron chi connectivity index (χ2n) is 3.68. The third-order valence-electron chi connectivity index (χ3n) is 2.26. The number of nitrogens with zero attached hydrogens (tertiary/aromatic N) is 1. The summed E-state index contributed by atoms with van der Waals surface area (Å²) >= 11 is 6.98. The second-order valence-corrected chi connectivity index (χ2v) is 5.37. The molecule has 0 fully saturated rings. The van der Waals surface area contributed by atoms with Crippen molar-refractivity contribution in [3.8, 4) is 5.75 Å². The molecule has 3 nitrogen and oxygen atoms in total. The molecule has 0 radical (unpaired) electrons. The Morgan fingerprint density at radius 2 is 2.22 bits per heavy atom. The molecule has 0 saturated carbocycles. The van der Waals surface area contributed by atoms with Crippen molar-refractivity contribution in [2.24, 2.45) is 0 Å². The van der Waals surface area contributed by atoms with E-state index in [-0.39, 0.29) is 0 Å². The fourth-order valence-electron chi connectivity index (χ4n) is 1.44. The molecule has 2 rings (SSSR count). The molecule has 0 bridgehead atoms. The molecule has 2 heterocycles. The van der Waals surface area contributed by atoms with Gasteiger partial charge >= 0.3 is 0 Å². The van der Waals surface area contributed by atoms with Crippen molar-refractivity contribution in [1.82, 2.24) is 4.98 Å². The third kappa shape index (κ3) is 3.27. The highest BCUT2D eigenvalue weighted by molar-refractivity contribution is 7.81. The minimum Gasteiger partial charge on any atom is -0.492 e. The van der Waals surface area contributed by atoms with E-state index in [9.17, 15) is 0 Å². The van der Waals surface area contributed by atoms with Crippen LogP contribution in [0.2, 0.25) is 0 Å². The van der Waals surface area contributed by atoms with Gasteiger partial charge in [-0.3, -0.25) is 0 Å². The molecule has 2 aromatic heterocycles. The molecule has 0 atom stereocenters. The minimum atomic E-state index is 0.625. The van der Waals surface area contributed by atoms with Crippen LogP contribution in [-0.2, 0) is 0 Å². The first-order valence-corrected chi connectivity index (χ1v) is 6.88. The number of pyridine rings is 1. The number of nitrogens with one attached hydrogen (secondary N) is 1. The molecule has 2 aromatic rings. The Balaban J connectivity index is 2.04. The van der Waals surface area contributed by atoms with Crippen LogP contribution in [0.1, 0.15) is 17.5 Å². The summed E-state index contributed by atoms with van der Waals surface area (Å²) in [6.45, 7) is 4.64. The molecule has 5 heteroatoms. The van der Waals surface area contributed by atoms with E-state index in [1.165, 1.54) is 4.88 Å². The van der Waals surface area contributed by atoms with Crippen molar-refractivity contribution in [2.75, 3.05) is 11.9 Å². The van der Waals surface area contributed by atoms with Gasteiger partial charge < -0.3 is 10.1 Å². The summed E-state index contributed by atoms with van der Waals surface area (Å²) < 4.78 is 5.34. The predicted molar refractivity (Wildman–Crippen MR) is 79.8 cm³/mol. The standard InChI is InChI=1S/C13H14N2OS2/c1-3-16-10-5-6-11(14-8-10)13(17)15-12-7-4-9(2)18-12/h4-8H,3H2,1-2H3,(H,15,17). The van der Waals surface area contributed by atoms with Crippen LogP contribution in [0.4, 0.5) is 5.00 Å². The first-order valence-electron chi connectivity index (χ1n) is 5.65. The molecular weight excluding hydrogens is 264 g/mol. The number of rotatable bonds is 4. The van der Waals surface area contributed by atoms with E-state index in [2.05, 4.69) is 23.3 Å². The average molecular weight is 278 g/mol. The topological polar surface area (TPSA) is 34.1 Å². The van der Waals surface area contributed by atoms with Crippen LogP contribution in [0.5, 0.6) is 5.75 Å². The van der Waals surface area contributed by atoms with Crippen molar-refractivity contribution in [3.63, 3.8) is 0 Å². The van der Waals surface area contributed by atoms with Crippen LogP contribution in [-0.4, -0.2) is 16.6 Å². The van der Waals surface area contributed by atoms with Gasteiger partial charge in [-0.25, -0.2) is 4.98 Å². The summed E-state index contributed by atoms with van der Waals surface area (Å²) in [5.41, 5.74) is 0.750. The number of aromatic nitrogens is 1. The summed E-state index contributed by atoms with van der Waals surface area (Å²) in [6.07, 6.45) is 1.69. The molecule has 0 aliphatic carbocycles. The molecule has 0 saturated heterocycles. The monoisotopic (exact) mass is 278 g/mol.